The average molecular weight is 302 g/mol. The largest absolute Gasteiger partial charge is 0.480 e. The Labute approximate surface area is 115 Å². The molecule has 20 heavy (non-hydrogen) atoms. The van der Waals surface area contributed by atoms with Gasteiger partial charge in [0.1, 0.15) is 6.54 Å². The molecule has 0 bridgehead atoms. The number of carboxylic acid groups (broad SMARTS) is 1. The Morgan fingerprint density at radius 3 is 2.45 bits per heavy atom. The molecule has 0 aliphatic heterocycles. The fourth-order valence-corrected chi connectivity index (χ4v) is 2.80. The first-order chi connectivity index (χ1) is 9.27. The van der Waals surface area contributed by atoms with Gasteiger partial charge in [0.2, 0.25) is 10.0 Å². The Hall–Kier alpha value is -2.29. The molecule has 1 aromatic rings. The quantitative estimate of drug-likeness (QED) is 0.543. The maximum absolute atomic E-state index is 12.1. The summed E-state index contributed by atoms with van der Waals surface area (Å²) in [5.41, 5.74) is 5.73. The van der Waals surface area contributed by atoms with Gasteiger partial charge >= 0.3 is 11.9 Å². The maximum Gasteiger partial charge on any atom is 0.324 e. The molecule has 0 aliphatic rings. The molecule has 0 aromatic heterocycles. The third-order valence-corrected chi connectivity index (χ3v) is 3.95. The maximum atomic E-state index is 12.1. The highest BCUT2D eigenvalue weighted by Gasteiger charge is 2.29. The van der Waals surface area contributed by atoms with Gasteiger partial charge in [-0.2, -0.15) is 0 Å². The molecule has 8 nitrogen and oxygen atoms in total. The van der Waals surface area contributed by atoms with Crippen LogP contribution in [0.25, 0.3) is 0 Å². The van der Waals surface area contributed by atoms with Crippen molar-refractivity contribution in [1.29, 1.82) is 0 Å². The average Bonchev–Trinajstić information content (AvgIpc) is 2.36. The second-order valence-electron chi connectivity index (χ2n) is 3.79. The lowest BCUT2D eigenvalue weighted by Gasteiger charge is -2.23. The summed E-state index contributed by atoms with van der Waals surface area (Å²) in [5, 5.41) is 8.83. The molecule has 0 atom stereocenters. The van der Waals surface area contributed by atoms with E-state index in [1.165, 1.54) is 18.2 Å². The fraction of sp³-hybridized carbons (Fsp3) is 0.273. The minimum Gasteiger partial charge on any atom is -0.480 e. The van der Waals surface area contributed by atoms with Gasteiger partial charge in [0.15, 0.2) is 5.75 Å². The van der Waals surface area contributed by atoms with Crippen molar-refractivity contribution in [2.75, 3.05) is 29.4 Å². The number of hydrogen-bond acceptors (Lipinski definition) is 6. The van der Waals surface area contributed by atoms with E-state index in [1.54, 1.807) is 6.07 Å². The van der Waals surface area contributed by atoms with Gasteiger partial charge in [0.05, 0.1) is 18.5 Å². The SMILES string of the molecule is COC(=O)CS(=O)(=O)N(CC(=O)O)c1ccccc1N. The first kappa shape index (κ1) is 15.8. The van der Waals surface area contributed by atoms with Crippen molar-refractivity contribution >= 4 is 33.3 Å². The number of rotatable bonds is 6. The van der Waals surface area contributed by atoms with E-state index in [1.807, 2.05) is 0 Å². The third kappa shape index (κ3) is 3.85. The van der Waals surface area contributed by atoms with Gasteiger partial charge in [-0.25, -0.2) is 8.42 Å². The standard InChI is InChI=1S/C11H14N2O6S/c1-19-11(16)7-20(17,18)13(6-10(14)15)9-5-3-2-4-8(9)12/h2-5H,6-7,12H2,1H3,(H,14,15). The van der Waals surface area contributed by atoms with E-state index in [9.17, 15) is 18.0 Å². The summed E-state index contributed by atoms with van der Waals surface area (Å²) in [6, 6.07) is 5.86. The summed E-state index contributed by atoms with van der Waals surface area (Å²) in [7, 11) is -3.17. The lowest BCUT2D eigenvalue weighted by atomic mass is 10.3. The minimum absolute atomic E-state index is 0.00111. The van der Waals surface area contributed by atoms with Crippen LogP contribution in [-0.4, -0.2) is 44.9 Å². The number of anilines is 2. The van der Waals surface area contributed by atoms with Gasteiger partial charge in [-0.1, -0.05) is 12.1 Å². The second-order valence-corrected chi connectivity index (χ2v) is 5.68. The van der Waals surface area contributed by atoms with Gasteiger partial charge < -0.3 is 15.6 Å². The summed E-state index contributed by atoms with van der Waals surface area (Å²) in [4.78, 5) is 22.0. The van der Waals surface area contributed by atoms with Crippen LogP contribution in [0, 0.1) is 0 Å². The smallest absolute Gasteiger partial charge is 0.324 e. The number of sulfonamides is 1. The Morgan fingerprint density at radius 2 is 1.95 bits per heavy atom. The number of carbonyl (C=O) groups is 2. The number of methoxy groups -OCH3 is 1. The zero-order valence-corrected chi connectivity index (χ0v) is 11.5. The van der Waals surface area contributed by atoms with E-state index < -0.39 is 34.3 Å². The lowest BCUT2D eigenvalue weighted by molar-refractivity contribution is -0.138. The van der Waals surface area contributed by atoms with Gasteiger partial charge in [0.25, 0.3) is 0 Å². The van der Waals surface area contributed by atoms with E-state index >= 15 is 0 Å². The fourth-order valence-electron chi connectivity index (χ4n) is 1.46. The van der Waals surface area contributed by atoms with Crippen LogP contribution < -0.4 is 10.0 Å². The van der Waals surface area contributed by atoms with Crippen LogP contribution >= 0.6 is 0 Å². The number of ether oxygens (including phenoxy) is 1. The number of carbonyl (C=O) groups excluding carboxylic acids is 1. The van der Waals surface area contributed by atoms with Crippen LogP contribution in [0.4, 0.5) is 11.4 Å². The number of aliphatic carboxylic acids is 1. The van der Waals surface area contributed by atoms with Crippen molar-refractivity contribution in [3.63, 3.8) is 0 Å². The molecule has 0 fully saturated rings. The Balaban J connectivity index is 3.23. The Kier molecular flexibility index (Phi) is 4.92. The molecule has 1 rings (SSSR count). The molecule has 0 radical (unpaired) electrons. The molecule has 1 aromatic carbocycles. The van der Waals surface area contributed by atoms with Crippen molar-refractivity contribution in [2.45, 2.75) is 0 Å². The number of para-hydroxylation sites is 2. The monoisotopic (exact) mass is 302 g/mol. The van der Waals surface area contributed by atoms with E-state index in [0.717, 1.165) is 7.11 Å². The molecule has 110 valence electrons. The molecular formula is C11H14N2O6S. The highest BCUT2D eigenvalue weighted by atomic mass is 32.2. The van der Waals surface area contributed by atoms with E-state index in [4.69, 9.17) is 10.8 Å². The number of hydrogen-bond donors (Lipinski definition) is 2. The molecule has 9 heteroatoms. The summed E-state index contributed by atoms with van der Waals surface area (Å²) in [6.45, 7) is -0.840. The number of nitrogens with zero attached hydrogens (tertiary/aromatic N) is 1. The van der Waals surface area contributed by atoms with Gasteiger partial charge in [-0.3, -0.25) is 13.9 Å². The van der Waals surface area contributed by atoms with Crippen molar-refractivity contribution in [1.82, 2.24) is 0 Å². The number of nitrogens with two attached hydrogens (primary N) is 1. The molecule has 0 heterocycles. The van der Waals surface area contributed by atoms with E-state index in [-0.39, 0.29) is 11.4 Å². The third-order valence-electron chi connectivity index (χ3n) is 2.35. The summed E-state index contributed by atoms with van der Waals surface area (Å²) in [5.74, 6) is -3.33. The first-order valence-electron chi connectivity index (χ1n) is 5.41. The van der Waals surface area contributed by atoms with Crippen LogP contribution in [0.2, 0.25) is 0 Å². The molecule has 0 unspecified atom stereocenters. The predicted octanol–water partition coefficient (Wildman–Crippen LogP) is -0.337. The predicted molar refractivity (Wildman–Crippen MR) is 71.6 cm³/mol. The molecule has 3 N–H and O–H groups in total. The zero-order chi connectivity index (χ0) is 15.3. The van der Waals surface area contributed by atoms with Gasteiger partial charge in [-0.15, -0.1) is 0 Å². The molecule has 0 amide bonds. The van der Waals surface area contributed by atoms with Crippen LogP contribution in [0.3, 0.4) is 0 Å². The molecule has 0 aliphatic carbocycles. The van der Waals surface area contributed by atoms with Crippen LogP contribution in [-0.2, 0) is 24.3 Å². The summed E-state index contributed by atoms with van der Waals surface area (Å²) >= 11 is 0. The first-order valence-corrected chi connectivity index (χ1v) is 7.02. The van der Waals surface area contributed by atoms with Crippen LogP contribution in [0.15, 0.2) is 24.3 Å². The highest BCUT2D eigenvalue weighted by molar-refractivity contribution is 7.93. The minimum atomic E-state index is -4.21. The topological polar surface area (TPSA) is 127 Å². The number of esters is 1. The van der Waals surface area contributed by atoms with Crippen molar-refractivity contribution in [2.24, 2.45) is 0 Å². The van der Waals surface area contributed by atoms with Crippen molar-refractivity contribution < 1.29 is 27.9 Å². The molecule has 0 saturated carbocycles. The summed E-state index contributed by atoms with van der Waals surface area (Å²) < 4.78 is 29.0. The molecule has 0 spiro atoms. The molecular weight excluding hydrogens is 288 g/mol. The Bertz CT molecular complexity index is 613. The lowest BCUT2D eigenvalue weighted by Crippen LogP contribution is -2.39. The van der Waals surface area contributed by atoms with E-state index in [2.05, 4.69) is 4.74 Å². The second kappa shape index (κ2) is 6.24. The zero-order valence-electron chi connectivity index (χ0n) is 10.6. The number of carboxylic acids is 1. The number of benzene rings is 1. The van der Waals surface area contributed by atoms with Crippen molar-refractivity contribution in [3.8, 4) is 0 Å². The van der Waals surface area contributed by atoms with E-state index in [0.29, 0.717) is 4.31 Å². The summed E-state index contributed by atoms with van der Waals surface area (Å²) in [6.07, 6.45) is 0. The van der Waals surface area contributed by atoms with Crippen LogP contribution in [0.1, 0.15) is 0 Å². The van der Waals surface area contributed by atoms with Crippen LogP contribution in [0.5, 0.6) is 0 Å². The normalized spacial score (nSPS) is 10.8. The van der Waals surface area contributed by atoms with Gasteiger partial charge in [0, 0.05) is 0 Å². The van der Waals surface area contributed by atoms with Crippen molar-refractivity contribution in [3.05, 3.63) is 24.3 Å². The highest BCUT2D eigenvalue weighted by Crippen LogP contribution is 2.25. The Morgan fingerprint density at radius 1 is 1.35 bits per heavy atom. The molecule has 0 saturated heterocycles. The van der Waals surface area contributed by atoms with Gasteiger partial charge in [-0.05, 0) is 12.1 Å². The number of nitrogen functional groups attached to an aromatic ring is 1.